The molecule has 8 heteroatoms. The van der Waals surface area contributed by atoms with Crippen molar-refractivity contribution in [2.24, 2.45) is 4.99 Å². The Labute approximate surface area is 217 Å². The van der Waals surface area contributed by atoms with Crippen molar-refractivity contribution in [3.05, 3.63) is 86.7 Å². The average Bonchev–Trinajstić information content (AvgIpc) is 3.18. The molecule has 4 rings (SSSR count). The van der Waals surface area contributed by atoms with Gasteiger partial charge in [-0.2, -0.15) is 0 Å². The molecule has 35 heavy (non-hydrogen) atoms. The number of amidine groups is 1. The zero-order valence-electron chi connectivity index (χ0n) is 19.6. The Morgan fingerprint density at radius 1 is 1.00 bits per heavy atom. The standard InChI is InChI=1S/C27H25BrN2O4S/c1-4-33-24-14-19(8-12-23(24)34-16-18-6-9-20(28)10-7-18)15-25-26(31)30-27(35-25)29-21-13-17(2)5-11-22(21)32-3/h5-15H,4,16H2,1-3H3,(H,29,30,31)/b25-15-. The van der Waals surface area contributed by atoms with E-state index >= 15 is 0 Å². The lowest BCUT2D eigenvalue weighted by Crippen LogP contribution is -2.19. The number of thioether (sulfide) groups is 1. The van der Waals surface area contributed by atoms with Gasteiger partial charge in [0.05, 0.1) is 18.6 Å². The predicted octanol–water partition coefficient (Wildman–Crippen LogP) is 6.64. The molecule has 0 saturated carbocycles. The van der Waals surface area contributed by atoms with E-state index in [0.717, 1.165) is 21.2 Å². The summed E-state index contributed by atoms with van der Waals surface area (Å²) in [6.45, 7) is 4.83. The molecule has 0 aliphatic carbocycles. The van der Waals surface area contributed by atoms with Crippen molar-refractivity contribution in [3.63, 3.8) is 0 Å². The number of carbonyl (C=O) groups is 1. The Hall–Kier alpha value is -3.23. The third-order valence-corrected chi connectivity index (χ3v) is 6.52. The lowest BCUT2D eigenvalue weighted by molar-refractivity contribution is -0.115. The molecule has 1 N–H and O–H groups in total. The minimum Gasteiger partial charge on any atom is -0.494 e. The van der Waals surface area contributed by atoms with Crippen LogP contribution in [0.15, 0.2) is 75.0 Å². The topological polar surface area (TPSA) is 69.2 Å². The molecule has 180 valence electrons. The molecule has 3 aromatic rings. The summed E-state index contributed by atoms with van der Waals surface area (Å²) in [4.78, 5) is 17.7. The first kappa shape index (κ1) is 24.9. The molecule has 0 bridgehead atoms. The van der Waals surface area contributed by atoms with Crippen LogP contribution in [0.2, 0.25) is 0 Å². The number of hydrogen-bond donors (Lipinski definition) is 1. The number of ether oxygens (including phenoxy) is 3. The SMILES string of the molecule is CCOc1cc(/C=C2\SC(=Nc3cc(C)ccc3OC)NC2=O)ccc1OCc1ccc(Br)cc1. The van der Waals surface area contributed by atoms with Gasteiger partial charge in [-0.15, -0.1) is 0 Å². The minimum absolute atomic E-state index is 0.200. The third-order valence-electron chi connectivity index (χ3n) is 5.08. The molecule has 1 amide bonds. The summed E-state index contributed by atoms with van der Waals surface area (Å²) >= 11 is 4.73. The van der Waals surface area contributed by atoms with Crippen LogP contribution in [0.4, 0.5) is 5.69 Å². The Morgan fingerprint density at radius 3 is 2.51 bits per heavy atom. The second-order valence-corrected chi connectivity index (χ2v) is 9.66. The van der Waals surface area contributed by atoms with Crippen molar-refractivity contribution >= 4 is 50.5 Å². The van der Waals surface area contributed by atoms with Crippen LogP contribution in [0.5, 0.6) is 17.2 Å². The van der Waals surface area contributed by atoms with Gasteiger partial charge >= 0.3 is 0 Å². The predicted molar refractivity (Wildman–Crippen MR) is 145 cm³/mol. The van der Waals surface area contributed by atoms with Crippen LogP contribution < -0.4 is 19.5 Å². The second-order valence-electron chi connectivity index (χ2n) is 7.71. The second kappa shape index (κ2) is 11.5. The normalized spacial score (nSPS) is 15.4. The van der Waals surface area contributed by atoms with Crippen molar-refractivity contribution in [2.75, 3.05) is 13.7 Å². The number of nitrogens with one attached hydrogen (secondary N) is 1. The summed E-state index contributed by atoms with van der Waals surface area (Å²) in [5.74, 6) is 1.72. The summed E-state index contributed by atoms with van der Waals surface area (Å²) < 4.78 is 18.2. The monoisotopic (exact) mass is 552 g/mol. The zero-order chi connectivity index (χ0) is 24.8. The van der Waals surface area contributed by atoms with E-state index in [0.29, 0.717) is 46.2 Å². The summed E-state index contributed by atoms with van der Waals surface area (Å²) in [5, 5.41) is 3.33. The fraction of sp³-hybridized carbons (Fsp3) is 0.185. The van der Waals surface area contributed by atoms with E-state index in [9.17, 15) is 4.79 Å². The number of hydrogen-bond acceptors (Lipinski definition) is 6. The molecule has 1 aliphatic rings. The molecule has 1 aliphatic heterocycles. The Bertz CT molecular complexity index is 1290. The molecular weight excluding hydrogens is 528 g/mol. The van der Waals surface area contributed by atoms with Crippen LogP contribution in [0, 0.1) is 6.92 Å². The number of aliphatic imine (C=N–C) groups is 1. The van der Waals surface area contributed by atoms with Crippen LogP contribution in [0.3, 0.4) is 0 Å². The van der Waals surface area contributed by atoms with E-state index in [1.165, 1.54) is 11.8 Å². The molecule has 3 aromatic carbocycles. The van der Waals surface area contributed by atoms with Gasteiger partial charge in [0.25, 0.3) is 5.91 Å². The molecule has 0 atom stereocenters. The van der Waals surface area contributed by atoms with E-state index in [1.807, 2.05) is 80.6 Å². The summed E-state index contributed by atoms with van der Waals surface area (Å²) in [7, 11) is 1.60. The van der Waals surface area contributed by atoms with Gasteiger partial charge in [0.1, 0.15) is 18.0 Å². The van der Waals surface area contributed by atoms with Crippen molar-refractivity contribution < 1.29 is 19.0 Å². The van der Waals surface area contributed by atoms with E-state index in [2.05, 4.69) is 26.2 Å². The maximum absolute atomic E-state index is 12.6. The molecule has 0 aromatic heterocycles. The molecule has 6 nitrogen and oxygen atoms in total. The van der Waals surface area contributed by atoms with E-state index in [4.69, 9.17) is 14.2 Å². The quantitative estimate of drug-likeness (QED) is 0.317. The number of benzene rings is 3. The molecule has 1 heterocycles. The lowest BCUT2D eigenvalue weighted by Gasteiger charge is -2.13. The van der Waals surface area contributed by atoms with Gasteiger partial charge in [-0.25, -0.2) is 4.99 Å². The number of aryl methyl sites for hydroxylation is 1. The first-order chi connectivity index (χ1) is 16.9. The highest BCUT2D eigenvalue weighted by molar-refractivity contribution is 9.10. The summed E-state index contributed by atoms with van der Waals surface area (Å²) in [5.41, 5.74) is 3.61. The van der Waals surface area contributed by atoms with Crippen LogP contribution >= 0.6 is 27.7 Å². The number of halogens is 1. The average molecular weight is 553 g/mol. The van der Waals surface area contributed by atoms with Gasteiger partial charge in [-0.05, 0) is 84.8 Å². The summed E-state index contributed by atoms with van der Waals surface area (Å²) in [6.07, 6.45) is 1.82. The van der Waals surface area contributed by atoms with Crippen molar-refractivity contribution in [3.8, 4) is 17.2 Å². The Kier molecular flexibility index (Phi) is 8.15. The van der Waals surface area contributed by atoms with Gasteiger partial charge in [-0.3, -0.25) is 4.79 Å². The maximum Gasteiger partial charge on any atom is 0.264 e. The van der Waals surface area contributed by atoms with Gasteiger partial charge in [0.15, 0.2) is 16.7 Å². The van der Waals surface area contributed by atoms with Crippen molar-refractivity contribution in [1.29, 1.82) is 0 Å². The van der Waals surface area contributed by atoms with Crippen LogP contribution in [-0.2, 0) is 11.4 Å². The van der Waals surface area contributed by atoms with Crippen molar-refractivity contribution in [2.45, 2.75) is 20.5 Å². The molecule has 0 unspecified atom stereocenters. The number of rotatable bonds is 8. The van der Waals surface area contributed by atoms with Gasteiger partial charge in [-0.1, -0.05) is 40.2 Å². The number of methoxy groups -OCH3 is 1. The molecule has 0 radical (unpaired) electrons. The van der Waals surface area contributed by atoms with Crippen LogP contribution in [0.1, 0.15) is 23.6 Å². The highest BCUT2D eigenvalue weighted by atomic mass is 79.9. The van der Waals surface area contributed by atoms with Gasteiger partial charge in [0.2, 0.25) is 0 Å². The number of carbonyl (C=O) groups excluding carboxylic acids is 1. The van der Waals surface area contributed by atoms with E-state index < -0.39 is 0 Å². The van der Waals surface area contributed by atoms with Gasteiger partial charge in [0, 0.05) is 4.47 Å². The van der Waals surface area contributed by atoms with E-state index in [1.54, 1.807) is 7.11 Å². The lowest BCUT2D eigenvalue weighted by atomic mass is 10.2. The third kappa shape index (κ3) is 6.46. The largest absolute Gasteiger partial charge is 0.494 e. The van der Waals surface area contributed by atoms with Crippen molar-refractivity contribution in [1.82, 2.24) is 5.32 Å². The Balaban J connectivity index is 1.52. The molecular formula is C27H25BrN2O4S. The first-order valence-electron chi connectivity index (χ1n) is 11.0. The number of nitrogens with zero attached hydrogens (tertiary/aromatic N) is 1. The maximum atomic E-state index is 12.6. The molecule has 1 fully saturated rings. The van der Waals surface area contributed by atoms with Crippen LogP contribution in [-0.4, -0.2) is 24.8 Å². The fourth-order valence-corrected chi connectivity index (χ4v) is 4.47. The van der Waals surface area contributed by atoms with Crippen LogP contribution in [0.25, 0.3) is 6.08 Å². The smallest absolute Gasteiger partial charge is 0.264 e. The first-order valence-corrected chi connectivity index (χ1v) is 12.6. The zero-order valence-corrected chi connectivity index (χ0v) is 22.0. The van der Waals surface area contributed by atoms with Gasteiger partial charge < -0.3 is 19.5 Å². The highest BCUT2D eigenvalue weighted by Crippen LogP contribution is 2.35. The molecule has 0 spiro atoms. The number of amides is 1. The minimum atomic E-state index is -0.200. The molecule has 1 saturated heterocycles. The fourth-order valence-electron chi connectivity index (χ4n) is 3.37. The van der Waals surface area contributed by atoms with E-state index in [-0.39, 0.29) is 5.91 Å². The highest BCUT2D eigenvalue weighted by Gasteiger charge is 2.24. The Morgan fingerprint density at radius 2 is 1.77 bits per heavy atom. The summed E-state index contributed by atoms with van der Waals surface area (Å²) in [6, 6.07) is 19.3.